The van der Waals surface area contributed by atoms with Crippen LogP contribution in [0, 0.1) is 6.92 Å². The van der Waals surface area contributed by atoms with Gasteiger partial charge in [0.2, 0.25) is 0 Å². The second kappa shape index (κ2) is 6.28. The van der Waals surface area contributed by atoms with Crippen molar-refractivity contribution in [1.82, 2.24) is 19.9 Å². The molecule has 1 aliphatic carbocycles. The molecule has 0 unspecified atom stereocenters. The fourth-order valence-corrected chi connectivity index (χ4v) is 3.92. The second-order valence-corrected chi connectivity index (χ2v) is 7.05. The topological polar surface area (TPSA) is 54.8 Å². The quantitative estimate of drug-likeness (QED) is 0.730. The minimum Gasteiger partial charge on any atom is -0.353 e. The first-order chi connectivity index (χ1) is 11.7. The molecule has 0 atom stereocenters. The third-order valence-electron chi connectivity index (χ3n) is 4.21. The molecule has 122 valence electrons. The Balaban J connectivity index is 1.72. The van der Waals surface area contributed by atoms with Gasteiger partial charge < -0.3 is 4.90 Å². The Hall–Kier alpha value is -2.34. The fourth-order valence-electron chi connectivity index (χ4n) is 3.09. The molecular weight excluding hydrogens is 318 g/mol. The summed E-state index contributed by atoms with van der Waals surface area (Å²) in [4.78, 5) is 20.8. The van der Waals surface area contributed by atoms with Crippen LogP contribution < -0.4 is 4.90 Å². The Morgan fingerprint density at radius 2 is 2.08 bits per heavy atom. The molecule has 4 rings (SSSR count). The van der Waals surface area contributed by atoms with Crippen molar-refractivity contribution in [3.63, 3.8) is 0 Å². The maximum atomic E-state index is 4.85. The summed E-state index contributed by atoms with van der Waals surface area (Å²) >= 11 is 1.70. The van der Waals surface area contributed by atoms with E-state index in [1.165, 1.54) is 11.3 Å². The van der Waals surface area contributed by atoms with Crippen molar-refractivity contribution in [1.29, 1.82) is 0 Å². The lowest BCUT2D eigenvalue weighted by Gasteiger charge is -2.20. The van der Waals surface area contributed by atoms with E-state index in [9.17, 15) is 0 Å². The van der Waals surface area contributed by atoms with E-state index < -0.39 is 0 Å². The summed E-state index contributed by atoms with van der Waals surface area (Å²) < 4.78 is 0. The maximum absolute atomic E-state index is 4.85. The van der Waals surface area contributed by atoms with Crippen LogP contribution >= 0.6 is 11.3 Å². The van der Waals surface area contributed by atoms with Crippen LogP contribution in [-0.2, 0) is 19.4 Å². The summed E-state index contributed by atoms with van der Waals surface area (Å²) in [5.74, 6) is 1.74. The number of nitrogens with zero attached hydrogens (tertiary/aromatic N) is 5. The van der Waals surface area contributed by atoms with E-state index in [1.807, 2.05) is 25.1 Å². The standard InChI is InChI=1S/C18H19N5S/c1-12-11-24-16(20-12)10-23(2)18-13-6-5-8-14(13)21-17(22-18)15-7-3-4-9-19-15/h3-4,7,9,11H,5-6,8,10H2,1-2H3. The highest BCUT2D eigenvalue weighted by molar-refractivity contribution is 7.09. The van der Waals surface area contributed by atoms with Gasteiger partial charge >= 0.3 is 0 Å². The highest BCUT2D eigenvalue weighted by atomic mass is 32.1. The number of pyridine rings is 1. The predicted molar refractivity (Wildman–Crippen MR) is 96.2 cm³/mol. The average molecular weight is 337 g/mol. The summed E-state index contributed by atoms with van der Waals surface area (Å²) in [7, 11) is 2.08. The van der Waals surface area contributed by atoms with Gasteiger partial charge in [-0.3, -0.25) is 4.98 Å². The molecule has 3 aromatic rings. The van der Waals surface area contributed by atoms with Gasteiger partial charge in [-0.2, -0.15) is 0 Å². The fraction of sp³-hybridized carbons (Fsp3) is 0.333. The first-order valence-corrected chi connectivity index (χ1v) is 9.02. The molecule has 0 aromatic carbocycles. The average Bonchev–Trinajstić information content (AvgIpc) is 3.23. The first kappa shape index (κ1) is 15.2. The Morgan fingerprint density at radius 1 is 1.17 bits per heavy atom. The summed E-state index contributed by atoms with van der Waals surface area (Å²) in [6.07, 6.45) is 5.00. The second-order valence-electron chi connectivity index (χ2n) is 6.10. The van der Waals surface area contributed by atoms with E-state index >= 15 is 0 Å². The summed E-state index contributed by atoms with van der Waals surface area (Å²) in [6.45, 7) is 2.80. The van der Waals surface area contributed by atoms with Crippen LogP contribution in [0.5, 0.6) is 0 Å². The SMILES string of the molecule is Cc1csc(CN(C)c2nc(-c3ccccn3)nc3c2CCC3)n1. The van der Waals surface area contributed by atoms with Crippen LogP contribution in [0.1, 0.15) is 28.4 Å². The number of anilines is 1. The maximum Gasteiger partial charge on any atom is 0.180 e. The molecule has 0 fully saturated rings. The van der Waals surface area contributed by atoms with Gasteiger partial charge in [-0.1, -0.05) is 6.07 Å². The normalized spacial score (nSPS) is 13.1. The lowest BCUT2D eigenvalue weighted by molar-refractivity contribution is 0.861. The first-order valence-electron chi connectivity index (χ1n) is 8.14. The Bertz CT molecular complexity index is 859. The summed E-state index contributed by atoms with van der Waals surface area (Å²) in [6, 6.07) is 5.85. The van der Waals surface area contributed by atoms with E-state index in [0.717, 1.165) is 48.0 Å². The number of thiazole rings is 1. The van der Waals surface area contributed by atoms with Gasteiger partial charge in [0.05, 0.1) is 6.54 Å². The zero-order valence-corrected chi connectivity index (χ0v) is 14.7. The molecule has 3 aromatic heterocycles. The minimum absolute atomic E-state index is 0.716. The minimum atomic E-state index is 0.716. The van der Waals surface area contributed by atoms with Crippen LogP contribution in [0.25, 0.3) is 11.5 Å². The zero-order chi connectivity index (χ0) is 16.5. The summed E-state index contributed by atoms with van der Waals surface area (Å²) in [5.41, 5.74) is 4.35. The van der Waals surface area contributed by atoms with Gasteiger partial charge in [0.15, 0.2) is 5.82 Å². The van der Waals surface area contributed by atoms with Gasteiger partial charge in [-0.15, -0.1) is 11.3 Å². The molecule has 6 heteroatoms. The molecule has 0 radical (unpaired) electrons. The number of fused-ring (bicyclic) bond motifs is 1. The number of aromatic nitrogens is 4. The molecule has 0 aliphatic heterocycles. The molecule has 5 nitrogen and oxygen atoms in total. The number of hydrogen-bond acceptors (Lipinski definition) is 6. The smallest absolute Gasteiger partial charge is 0.180 e. The van der Waals surface area contributed by atoms with Crippen molar-refractivity contribution in [3.05, 3.63) is 51.7 Å². The van der Waals surface area contributed by atoms with Gasteiger partial charge in [-0.25, -0.2) is 15.0 Å². The van der Waals surface area contributed by atoms with E-state index in [0.29, 0.717) is 5.82 Å². The van der Waals surface area contributed by atoms with Crippen molar-refractivity contribution in [2.24, 2.45) is 0 Å². The Kier molecular flexibility index (Phi) is 3.98. The van der Waals surface area contributed by atoms with Crippen LogP contribution in [-0.4, -0.2) is 27.0 Å². The lowest BCUT2D eigenvalue weighted by atomic mass is 10.2. The van der Waals surface area contributed by atoms with Gasteiger partial charge in [0, 0.05) is 35.6 Å². The molecule has 0 bridgehead atoms. The van der Waals surface area contributed by atoms with E-state index in [1.54, 1.807) is 17.5 Å². The molecule has 0 amide bonds. The van der Waals surface area contributed by atoms with Crippen molar-refractivity contribution in [3.8, 4) is 11.5 Å². The van der Waals surface area contributed by atoms with Gasteiger partial charge in [-0.05, 0) is 38.3 Å². The Morgan fingerprint density at radius 3 is 2.83 bits per heavy atom. The van der Waals surface area contributed by atoms with Crippen molar-refractivity contribution in [2.45, 2.75) is 32.7 Å². The van der Waals surface area contributed by atoms with E-state index in [-0.39, 0.29) is 0 Å². The van der Waals surface area contributed by atoms with Crippen LogP contribution in [0.3, 0.4) is 0 Å². The molecule has 0 N–H and O–H groups in total. The number of hydrogen-bond donors (Lipinski definition) is 0. The van der Waals surface area contributed by atoms with Crippen molar-refractivity contribution in [2.75, 3.05) is 11.9 Å². The molecular formula is C18H19N5S. The number of rotatable bonds is 4. The monoisotopic (exact) mass is 337 g/mol. The largest absolute Gasteiger partial charge is 0.353 e. The van der Waals surface area contributed by atoms with E-state index in [4.69, 9.17) is 9.97 Å². The highest BCUT2D eigenvalue weighted by Crippen LogP contribution is 2.31. The lowest BCUT2D eigenvalue weighted by Crippen LogP contribution is -2.20. The molecule has 3 heterocycles. The molecule has 0 spiro atoms. The third kappa shape index (κ3) is 2.89. The van der Waals surface area contributed by atoms with Crippen LogP contribution in [0.2, 0.25) is 0 Å². The summed E-state index contributed by atoms with van der Waals surface area (Å²) in [5, 5.41) is 3.20. The Labute approximate surface area is 145 Å². The highest BCUT2D eigenvalue weighted by Gasteiger charge is 2.22. The van der Waals surface area contributed by atoms with Crippen LogP contribution in [0.15, 0.2) is 29.8 Å². The molecule has 24 heavy (non-hydrogen) atoms. The van der Waals surface area contributed by atoms with E-state index in [2.05, 4.69) is 27.3 Å². The predicted octanol–water partition coefficient (Wildman–Crippen LogP) is 3.43. The van der Waals surface area contributed by atoms with Crippen molar-refractivity contribution >= 4 is 17.2 Å². The number of aryl methyl sites for hydroxylation is 2. The van der Waals surface area contributed by atoms with Gasteiger partial charge in [0.25, 0.3) is 0 Å². The van der Waals surface area contributed by atoms with Crippen molar-refractivity contribution < 1.29 is 0 Å². The zero-order valence-electron chi connectivity index (χ0n) is 13.9. The van der Waals surface area contributed by atoms with Gasteiger partial charge in [0.1, 0.15) is 16.5 Å². The third-order valence-corrected chi connectivity index (χ3v) is 5.16. The molecule has 1 aliphatic rings. The molecule has 0 saturated heterocycles. The van der Waals surface area contributed by atoms with Crippen LogP contribution in [0.4, 0.5) is 5.82 Å². The molecule has 0 saturated carbocycles.